The van der Waals surface area contributed by atoms with Crippen molar-refractivity contribution in [2.24, 2.45) is 5.92 Å². The third-order valence-corrected chi connectivity index (χ3v) is 6.00. The van der Waals surface area contributed by atoms with Crippen LogP contribution in [0.3, 0.4) is 0 Å². The zero-order chi connectivity index (χ0) is 20.4. The number of halogens is 1. The molecule has 0 bridgehead atoms. The minimum absolute atomic E-state index is 0.0617. The highest BCUT2D eigenvalue weighted by Gasteiger charge is 2.52. The Kier molecular flexibility index (Phi) is 5.35. The molecule has 0 amide bonds. The Labute approximate surface area is 175 Å². The maximum atomic E-state index is 13.6. The molecule has 3 nitrogen and oxygen atoms in total. The van der Waals surface area contributed by atoms with Crippen LogP contribution in [0.1, 0.15) is 40.2 Å². The summed E-state index contributed by atoms with van der Waals surface area (Å²) in [5.74, 6) is -1.45. The monoisotopic (exact) mass is 404 g/mol. The number of benzene rings is 3. The second-order valence-electron chi connectivity index (χ2n) is 7.58. The number of hydrogen-bond acceptors (Lipinski definition) is 3. The van der Waals surface area contributed by atoms with E-state index in [1.54, 1.807) is 48.5 Å². The van der Waals surface area contributed by atoms with Gasteiger partial charge in [-0.25, -0.2) is 0 Å². The van der Waals surface area contributed by atoms with Gasteiger partial charge in [0.1, 0.15) is 11.4 Å². The molecule has 0 spiro atoms. The van der Waals surface area contributed by atoms with E-state index in [9.17, 15) is 14.7 Å². The van der Waals surface area contributed by atoms with Crippen molar-refractivity contribution >= 4 is 23.2 Å². The van der Waals surface area contributed by atoms with Crippen molar-refractivity contribution in [1.82, 2.24) is 0 Å². The van der Waals surface area contributed by atoms with E-state index in [-0.39, 0.29) is 24.4 Å². The summed E-state index contributed by atoms with van der Waals surface area (Å²) in [5.41, 5.74) is 0.362. The summed E-state index contributed by atoms with van der Waals surface area (Å²) in [5, 5.41) is 12.4. The van der Waals surface area contributed by atoms with E-state index in [1.807, 2.05) is 36.4 Å². The van der Waals surface area contributed by atoms with Gasteiger partial charge in [0.15, 0.2) is 5.78 Å². The van der Waals surface area contributed by atoms with Gasteiger partial charge in [-0.3, -0.25) is 9.59 Å². The lowest BCUT2D eigenvalue weighted by molar-refractivity contribution is -0.133. The Morgan fingerprint density at radius 3 is 2.10 bits per heavy atom. The van der Waals surface area contributed by atoms with Gasteiger partial charge >= 0.3 is 0 Å². The topological polar surface area (TPSA) is 54.4 Å². The van der Waals surface area contributed by atoms with Crippen LogP contribution in [-0.2, 0) is 10.4 Å². The average molecular weight is 405 g/mol. The van der Waals surface area contributed by atoms with Crippen molar-refractivity contribution in [2.45, 2.75) is 24.4 Å². The molecule has 1 N–H and O–H groups in total. The molecule has 3 aromatic rings. The highest BCUT2D eigenvalue weighted by molar-refractivity contribution is 6.30. The standard InChI is InChI=1S/C25H21ClO3/c26-20-13-11-17(12-14-20)22-15-21(27)16-25(29,19-9-5-2-6-10-19)23(22)24(28)18-7-3-1-4-8-18/h1-14,22-23,29H,15-16H2/t22-,23+,25-/m0/s1. The SMILES string of the molecule is O=C1C[C@@H](c2ccc(Cl)cc2)[C@H](C(=O)c2ccccc2)[C@@](O)(c2ccccc2)C1. The predicted molar refractivity (Wildman–Crippen MR) is 113 cm³/mol. The molecule has 0 heterocycles. The number of Topliss-reactive ketones (excluding diaryl/α,β-unsaturated/α-hetero) is 2. The molecule has 0 saturated heterocycles. The molecule has 3 aromatic carbocycles. The fourth-order valence-electron chi connectivity index (χ4n) is 4.39. The van der Waals surface area contributed by atoms with Crippen molar-refractivity contribution < 1.29 is 14.7 Å². The smallest absolute Gasteiger partial charge is 0.169 e. The lowest BCUT2D eigenvalue weighted by Gasteiger charge is -2.43. The lowest BCUT2D eigenvalue weighted by Crippen LogP contribution is -2.49. The van der Waals surface area contributed by atoms with Crippen LogP contribution < -0.4 is 0 Å². The van der Waals surface area contributed by atoms with Crippen molar-refractivity contribution in [3.05, 3.63) is 107 Å². The Hall–Kier alpha value is -2.75. The van der Waals surface area contributed by atoms with Crippen LogP contribution in [0.25, 0.3) is 0 Å². The minimum atomic E-state index is -1.58. The third kappa shape index (κ3) is 3.76. The molecule has 0 radical (unpaired) electrons. The number of carbonyl (C=O) groups is 2. The van der Waals surface area contributed by atoms with Gasteiger partial charge in [-0.05, 0) is 23.3 Å². The molecule has 3 atom stereocenters. The first-order valence-corrected chi connectivity index (χ1v) is 10.0. The quantitative estimate of drug-likeness (QED) is 0.610. The van der Waals surface area contributed by atoms with Crippen LogP contribution in [0.4, 0.5) is 0 Å². The van der Waals surface area contributed by atoms with Gasteiger partial charge in [0, 0.05) is 29.3 Å². The fourth-order valence-corrected chi connectivity index (χ4v) is 4.51. The van der Waals surface area contributed by atoms with Crippen LogP contribution in [0.5, 0.6) is 0 Å². The summed E-state index contributed by atoms with van der Waals surface area (Å²) in [6.45, 7) is 0. The van der Waals surface area contributed by atoms with E-state index < -0.39 is 17.4 Å². The number of hydrogen-bond donors (Lipinski definition) is 1. The first kappa shape index (κ1) is 19.6. The Morgan fingerprint density at radius 2 is 1.48 bits per heavy atom. The number of rotatable bonds is 4. The molecule has 4 heteroatoms. The molecular formula is C25H21ClO3. The van der Waals surface area contributed by atoms with Gasteiger partial charge < -0.3 is 5.11 Å². The number of carbonyl (C=O) groups excluding carboxylic acids is 2. The zero-order valence-electron chi connectivity index (χ0n) is 15.8. The van der Waals surface area contributed by atoms with Crippen LogP contribution in [-0.4, -0.2) is 16.7 Å². The molecule has 4 rings (SSSR count). The number of ketones is 2. The van der Waals surface area contributed by atoms with Gasteiger partial charge in [-0.2, -0.15) is 0 Å². The summed E-state index contributed by atoms with van der Waals surface area (Å²) < 4.78 is 0. The molecule has 1 fully saturated rings. The molecular weight excluding hydrogens is 384 g/mol. The third-order valence-electron chi connectivity index (χ3n) is 5.74. The van der Waals surface area contributed by atoms with Crippen LogP contribution >= 0.6 is 11.6 Å². The first-order chi connectivity index (χ1) is 14.0. The van der Waals surface area contributed by atoms with Crippen LogP contribution in [0, 0.1) is 5.92 Å². The average Bonchev–Trinajstić information content (AvgIpc) is 2.74. The van der Waals surface area contributed by atoms with Gasteiger partial charge in [0.2, 0.25) is 0 Å². The molecule has 146 valence electrons. The van der Waals surface area contributed by atoms with E-state index in [0.29, 0.717) is 16.1 Å². The van der Waals surface area contributed by atoms with Crippen molar-refractivity contribution in [3.63, 3.8) is 0 Å². The van der Waals surface area contributed by atoms with Crippen LogP contribution in [0.15, 0.2) is 84.9 Å². The van der Waals surface area contributed by atoms with E-state index in [4.69, 9.17) is 11.6 Å². The molecule has 0 aromatic heterocycles. The van der Waals surface area contributed by atoms with E-state index >= 15 is 0 Å². The normalized spacial score (nSPS) is 24.3. The summed E-state index contributed by atoms with van der Waals surface area (Å²) in [6.07, 6.45) is 0.129. The van der Waals surface area contributed by atoms with Crippen molar-refractivity contribution in [3.8, 4) is 0 Å². The Bertz CT molecular complexity index is 1010. The highest BCUT2D eigenvalue weighted by Crippen LogP contribution is 2.49. The summed E-state index contributed by atoms with van der Waals surface area (Å²) in [7, 11) is 0. The molecule has 1 aliphatic carbocycles. The molecule has 0 aliphatic heterocycles. The summed E-state index contributed by atoms with van der Waals surface area (Å²) in [6, 6.07) is 25.2. The Balaban J connectivity index is 1.88. The second-order valence-corrected chi connectivity index (χ2v) is 8.01. The van der Waals surface area contributed by atoms with Gasteiger partial charge in [0.25, 0.3) is 0 Å². The van der Waals surface area contributed by atoms with Gasteiger partial charge in [-0.15, -0.1) is 0 Å². The van der Waals surface area contributed by atoms with E-state index in [2.05, 4.69) is 0 Å². The van der Waals surface area contributed by atoms with Gasteiger partial charge in [-0.1, -0.05) is 84.4 Å². The summed E-state index contributed by atoms with van der Waals surface area (Å²) >= 11 is 6.04. The molecule has 0 unspecified atom stereocenters. The minimum Gasteiger partial charge on any atom is -0.384 e. The Morgan fingerprint density at radius 1 is 0.897 bits per heavy atom. The lowest BCUT2D eigenvalue weighted by atomic mass is 9.61. The van der Waals surface area contributed by atoms with Gasteiger partial charge in [0.05, 0.1) is 5.92 Å². The second kappa shape index (κ2) is 7.94. The largest absolute Gasteiger partial charge is 0.384 e. The van der Waals surface area contributed by atoms with E-state index in [1.165, 1.54) is 0 Å². The molecule has 1 saturated carbocycles. The highest BCUT2D eigenvalue weighted by atomic mass is 35.5. The zero-order valence-corrected chi connectivity index (χ0v) is 16.5. The maximum absolute atomic E-state index is 13.6. The number of aliphatic hydroxyl groups is 1. The predicted octanol–water partition coefficient (Wildman–Crippen LogP) is 5.17. The maximum Gasteiger partial charge on any atom is 0.169 e. The van der Waals surface area contributed by atoms with Crippen molar-refractivity contribution in [2.75, 3.05) is 0 Å². The van der Waals surface area contributed by atoms with Crippen LogP contribution in [0.2, 0.25) is 5.02 Å². The fraction of sp³-hybridized carbons (Fsp3) is 0.200. The van der Waals surface area contributed by atoms with Crippen molar-refractivity contribution in [1.29, 1.82) is 0 Å². The molecule has 29 heavy (non-hydrogen) atoms. The first-order valence-electron chi connectivity index (χ1n) is 9.63. The molecule has 1 aliphatic rings. The van der Waals surface area contributed by atoms with E-state index in [0.717, 1.165) is 5.56 Å². The summed E-state index contributed by atoms with van der Waals surface area (Å²) in [4.78, 5) is 26.4.